The maximum atomic E-state index is 11.6. The van der Waals surface area contributed by atoms with Gasteiger partial charge in [-0.1, -0.05) is 18.2 Å². The lowest BCUT2D eigenvalue weighted by atomic mass is 9.98. The Bertz CT molecular complexity index is 427. The molecular weight excluding hydrogens is 242 g/mol. The molecule has 2 rings (SSSR count). The van der Waals surface area contributed by atoms with Gasteiger partial charge in [-0.2, -0.15) is 0 Å². The third-order valence-corrected chi connectivity index (χ3v) is 3.47. The Balaban J connectivity index is 2.27. The second kappa shape index (κ2) is 6.68. The zero-order valence-corrected chi connectivity index (χ0v) is 11.6. The summed E-state index contributed by atoms with van der Waals surface area (Å²) in [5, 5.41) is 0. The van der Waals surface area contributed by atoms with E-state index in [1.807, 2.05) is 24.3 Å². The number of Topliss-reactive ketones (excluding diaryl/α,β-unsaturated/α-hetero) is 1. The first kappa shape index (κ1) is 14.0. The summed E-state index contributed by atoms with van der Waals surface area (Å²) in [7, 11) is 1.67. The standard InChI is InChI=1S/C15H21NO3/c1-12(17)11-14(16-7-9-19-10-8-16)13-5-3-4-6-15(13)18-2/h3-6,14H,7-11H2,1-2H3. The van der Waals surface area contributed by atoms with Crippen LogP contribution in [0, 0.1) is 0 Å². The average molecular weight is 263 g/mol. The van der Waals surface area contributed by atoms with Crippen molar-refractivity contribution < 1.29 is 14.3 Å². The van der Waals surface area contributed by atoms with E-state index in [9.17, 15) is 4.79 Å². The summed E-state index contributed by atoms with van der Waals surface area (Å²) in [6, 6.07) is 8.01. The van der Waals surface area contributed by atoms with Crippen LogP contribution in [0.4, 0.5) is 0 Å². The predicted molar refractivity (Wildman–Crippen MR) is 73.4 cm³/mol. The zero-order valence-electron chi connectivity index (χ0n) is 11.6. The number of hydrogen-bond donors (Lipinski definition) is 0. The van der Waals surface area contributed by atoms with Crippen molar-refractivity contribution in [1.82, 2.24) is 4.90 Å². The van der Waals surface area contributed by atoms with Crippen molar-refractivity contribution in [2.75, 3.05) is 33.4 Å². The number of nitrogens with zero attached hydrogens (tertiary/aromatic N) is 1. The van der Waals surface area contributed by atoms with Crippen molar-refractivity contribution in [2.24, 2.45) is 0 Å². The maximum Gasteiger partial charge on any atom is 0.131 e. The second-order valence-electron chi connectivity index (χ2n) is 4.81. The lowest BCUT2D eigenvalue weighted by Crippen LogP contribution is -2.39. The van der Waals surface area contributed by atoms with Crippen LogP contribution in [0.1, 0.15) is 24.9 Å². The Hall–Kier alpha value is -1.39. The molecule has 1 aromatic carbocycles. The monoisotopic (exact) mass is 263 g/mol. The molecule has 4 nitrogen and oxygen atoms in total. The smallest absolute Gasteiger partial charge is 0.131 e. The Labute approximate surface area is 114 Å². The van der Waals surface area contributed by atoms with Crippen molar-refractivity contribution in [3.8, 4) is 5.75 Å². The molecule has 0 aromatic heterocycles. The van der Waals surface area contributed by atoms with Crippen molar-refractivity contribution in [3.05, 3.63) is 29.8 Å². The van der Waals surface area contributed by atoms with Gasteiger partial charge >= 0.3 is 0 Å². The van der Waals surface area contributed by atoms with E-state index in [4.69, 9.17) is 9.47 Å². The van der Waals surface area contributed by atoms with E-state index in [1.54, 1.807) is 14.0 Å². The Morgan fingerprint density at radius 3 is 2.68 bits per heavy atom. The average Bonchev–Trinajstić information content (AvgIpc) is 2.45. The number of ketones is 1. The Morgan fingerprint density at radius 2 is 2.05 bits per heavy atom. The normalized spacial score (nSPS) is 18.0. The van der Waals surface area contributed by atoms with E-state index < -0.39 is 0 Å². The summed E-state index contributed by atoms with van der Waals surface area (Å²) in [6.07, 6.45) is 0.514. The van der Waals surface area contributed by atoms with Crippen molar-refractivity contribution in [1.29, 1.82) is 0 Å². The van der Waals surface area contributed by atoms with E-state index in [0.29, 0.717) is 6.42 Å². The summed E-state index contributed by atoms with van der Waals surface area (Å²) in [5.74, 6) is 1.04. The number of para-hydroxylation sites is 1. The van der Waals surface area contributed by atoms with Crippen LogP contribution in [0.2, 0.25) is 0 Å². The Morgan fingerprint density at radius 1 is 1.37 bits per heavy atom. The third-order valence-electron chi connectivity index (χ3n) is 3.47. The van der Waals surface area contributed by atoms with Gasteiger partial charge in [0.15, 0.2) is 0 Å². The molecule has 1 heterocycles. The lowest BCUT2D eigenvalue weighted by molar-refractivity contribution is -0.118. The highest BCUT2D eigenvalue weighted by molar-refractivity contribution is 5.76. The van der Waals surface area contributed by atoms with Gasteiger partial charge in [-0.15, -0.1) is 0 Å². The number of rotatable bonds is 5. The van der Waals surface area contributed by atoms with E-state index >= 15 is 0 Å². The Kier molecular flexibility index (Phi) is 4.93. The predicted octanol–water partition coefficient (Wildman–Crippen LogP) is 2.05. The molecular formula is C15H21NO3. The number of carbonyl (C=O) groups is 1. The molecule has 1 aromatic rings. The van der Waals surface area contributed by atoms with Crippen LogP contribution in [-0.4, -0.2) is 44.1 Å². The van der Waals surface area contributed by atoms with E-state index in [2.05, 4.69) is 4.90 Å². The first-order valence-corrected chi connectivity index (χ1v) is 6.66. The molecule has 1 atom stereocenters. The number of morpholine rings is 1. The van der Waals surface area contributed by atoms with Crippen LogP contribution in [0.3, 0.4) is 0 Å². The molecule has 1 unspecified atom stereocenters. The molecule has 1 saturated heterocycles. The number of benzene rings is 1. The molecule has 1 aliphatic rings. The molecule has 0 amide bonds. The minimum atomic E-state index is 0.0811. The molecule has 0 N–H and O–H groups in total. The van der Waals surface area contributed by atoms with E-state index in [1.165, 1.54) is 0 Å². The second-order valence-corrected chi connectivity index (χ2v) is 4.81. The highest BCUT2D eigenvalue weighted by Gasteiger charge is 2.26. The fraction of sp³-hybridized carbons (Fsp3) is 0.533. The van der Waals surface area contributed by atoms with E-state index in [-0.39, 0.29) is 11.8 Å². The first-order chi connectivity index (χ1) is 9.22. The number of methoxy groups -OCH3 is 1. The van der Waals surface area contributed by atoms with Crippen LogP contribution >= 0.6 is 0 Å². The fourth-order valence-corrected chi connectivity index (χ4v) is 2.54. The molecule has 0 aliphatic carbocycles. The summed E-state index contributed by atoms with van der Waals surface area (Å²) in [6.45, 7) is 4.81. The van der Waals surface area contributed by atoms with Crippen LogP contribution in [0.15, 0.2) is 24.3 Å². The summed E-state index contributed by atoms with van der Waals surface area (Å²) in [5.41, 5.74) is 1.09. The van der Waals surface area contributed by atoms with Gasteiger partial charge in [0.1, 0.15) is 11.5 Å². The molecule has 0 radical (unpaired) electrons. The highest BCUT2D eigenvalue weighted by atomic mass is 16.5. The van der Waals surface area contributed by atoms with Crippen LogP contribution in [-0.2, 0) is 9.53 Å². The summed E-state index contributed by atoms with van der Waals surface area (Å²) >= 11 is 0. The molecule has 104 valence electrons. The molecule has 0 bridgehead atoms. The van der Waals surface area contributed by atoms with Gasteiger partial charge < -0.3 is 9.47 Å². The number of hydrogen-bond acceptors (Lipinski definition) is 4. The topological polar surface area (TPSA) is 38.8 Å². The maximum absolute atomic E-state index is 11.6. The molecule has 0 spiro atoms. The van der Waals surface area contributed by atoms with Crippen LogP contribution in [0.5, 0.6) is 5.75 Å². The largest absolute Gasteiger partial charge is 0.496 e. The van der Waals surface area contributed by atoms with Crippen molar-refractivity contribution in [2.45, 2.75) is 19.4 Å². The molecule has 19 heavy (non-hydrogen) atoms. The minimum absolute atomic E-state index is 0.0811. The number of ether oxygens (including phenoxy) is 2. The van der Waals surface area contributed by atoms with Crippen LogP contribution in [0.25, 0.3) is 0 Å². The van der Waals surface area contributed by atoms with Gasteiger partial charge in [-0.25, -0.2) is 0 Å². The number of carbonyl (C=O) groups excluding carboxylic acids is 1. The quantitative estimate of drug-likeness (QED) is 0.815. The van der Waals surface area contributed by atoms with Gasteiger partial charge in [0.05, 0.1) is 20.3 Å². The van der Waals surface area contributed by atoms with Gasteiger partial charge in [-0.05, 0) is 13.0 Å². The molecule has 1 fully saturated rings. The van der Waals surface area contributed by atoms with Crippen LogP contribution < -0.4 is 4.74 Å². The van der Waals surface area contributed by atoms with Gasteiger partial charge in [0.2, 0.25) is 0 Å². The molecule has 0 saturated carbocycles. The SMILES string of the molecule is COc1ccccc1C(CC(C)=O)N1CCOCC1. The van der Waals surface area contributed by atoms with E-state index in [0.717, 1.165) is 37.6 Å². The van der Waals surface area contributed by atoms with Gasteiger partial charge in [0, 0.05) is 31.1 Å². The summed E-state index contributed by atoms with van der Waals surface area (Å²) < 4.78 is 10.8. The van der Waals surface area contributed by atoms with Gasteiger partial charge in [0.25, 0.3) is 0 Å². The lowest BCUT2D eigenvalue weighted by Gasteiger charge is -2.34. The first-order valence-electron chi connectivity index (χ1n) is 6.66. The highest BCUT2D eigenvalue weighted by Crippen LogP contribution is 2.32. The van der Waals surface area contributed by atoms with Crippen molar-refractivity contribution in [3.63, 3.8) is 0 Å². The molecule has 4 heteroatoms. The zero-order chi connectivity index (χ0) is 13.7. The van der Waals surface area contributed by atoms with Crippen molar-refractivity contribution >= 4 is 5.78 Å². The minimum Gasteiger partial charge on any atom is -0.496 e. The fourth-order valence-electron chi connectivity index (χ4n) is 2.54. The molecule has 1 aliphatic heterocycles. The third kappa shape index (κ3) is 3.55. The van der Waals surface area contributed by atoms with Gasteiger partial charge in [-0.3, -0.25) is 9.69 Å². The summed E-state index contributed by atoms with van der Waals surface area (Å²) in [4.78, 5) is 13.9.